The third-order valence-corrected chi connectivity index (χ3v) is 8.97. The molecular weight excluding hydrogens is 718 g/mol. The van der Waals surface area contributed by atoms with Gasteiger partial charge >= 0.3 is 0 Å². The predicted molar refractivity (Wildman–Crippen MR) is 215 cm³/mol. The Balaban J connectivity index is 0.000000174. The molecule has 8 aromatic rings. The highest BCUT2D eigenvalue weighted by molar-refractivity contribution is 5.76. The minimum absolute atomic E-state index is 0.239. The first-order valence-corrected chi connectivity index (χ1v) is 17.5. The van der Waals surface area contributed by atoms with Crippen molar-refractivity contribution in [3.63, 3.8) is 0 Å². The normalized spacial score (nSPS) is 10.4. The second kappa shape index (κ2) is 16.8. The number of benzene rings is 3. The smallest absolute Gasteiger partial charge is 0.263 e. The van der Waals surface area contributed by atoms with Crippen molar-refractivity contribution in [2.75, 3.05) is 7.11 Å². The average Bonchev–Trinajstić information content (AvgIpc) is 3.27. The summed E-state index contributed by atoms with van der Waals surface area (Å²) in [6, 6.07) is 42.9. The molecule has 5 heterocycles. The van der Waals surface area contributed by atoms with Crippen LogP contribution in [-0.2, 0) is 0 Å². The fourth-order valence-electron chi connectivity index (χ4n) is 6.24. The molecule has 0 aliphatic carbocycles. The molecule has 11 heteroatoms. The molecule has 0 saturated carbocycles. The van der Waals surface area contributed by atoms with Crippen LogP contribution in [0.1, 0.15) is 11.1 Å². The van der Waals surface area contributed by atoms with Crippen LogP contribution in [0.2, 0.25) is 0 Å². The van der Waals surface area contributed by atoms with E-state index in [2.05, 4.69) is 27.1 Å². The van der Waals surface area contributed by atoms with Crippen LogP contribution in [0.15, 0.2) is 174 Å². The molecule has 0 saturated heterocycles. The Kier molecular flexibility index (Phi) is 10.9. The lowest BCUT2D eigenvalue weighted by Crippen LogP contribution is -2.21. The van der Waals surface area contributed by atoms with Gasteiger partial charge in [-0.25, -0.2) is 4.98 Å². The zero-order valence-electron chi connectivity index (χ0n) is 30.3. The van der Waals surface area contributed by atoms with Crippen LogP contribution in [0.3, 0.4) is 0 Å². The molecule has 57 heavy (non-hydrogen) atoms. The van der Waals surface area contributed by atoms with E-state index < -0.39 is 5.95 Å². The summed E-state index contributed by atoms with van der Waals surface area (Å²) in [6.45, 7) is 0. The zero-order valence-corrected chi connectivity index (χ0v) is 30.3. The van der Waals surface area contributed by atoms with E-state index in [1.807, 2.05) is 54.6 Å². The minimum atomic E-state index is -0.632. The number of ether oxygens (including phenoxy) is 1. The van der Waals surface area contributed by atoms with E-state index in [0.29, 0.717) is 61.8 Å². The van der Waals surface area contributed by atoms with E-state index in [9.17, 15) is 24.5 Å². The average molecular weight is 748 g/mol. The molecule has 274 valence electrons. The molecule has 0 radical (unpaired) electrons. The highest BCUT2D eigenvalue weighted by atomic mass is 19.1. The van der Waals surface area contributed by atoms with Crippen LogP contribution in [0.4, 0.5) is 4.39 Å². The van der Waals surface area contributed by atoms with Crippen molar-refractivity contribution in [2.24, 2.45) is 0 Å². The number of pyridine rings is 5. The van der Waals surface area contributed by atoms with E-state index in [1.165, 1.54) is 22.9 Å². The van der Waals surface area contributed by atoms with E-state index in [1.54, 1.807) is 103 Å². The Morgan fingerprint density at radius 2 is 1.09 bits per heavy atom. The number of nitrogens with zero attached hydrogens (tertiary/aromatic N) is 7. The number of halogens is 1. The van der Waals surface area contributed by atoms with Gasteiger partial charge in [-0.2, -0.15) is 14.9 Å². The molecule has 0 aliphatic heterocycles. The summed E-state index contributed by atoms with van der Waals surface area (Å²) in [7, 11) is 1.57. The van der Waals surface area contributed by atoms with E-state index in [4.69, 9.17) is 4.74 Å². The summed E-state index contributed by atoms with van der Waals surface area (Å²) in [6.07, 6.45) is 8.04. The third-order valence-electron chi connectivity index (χ3n) is 8.97. The van der Waals surface area contributed by atoms with Crippen molar-refractivity contribution in [3.05, 3.63) is 202 Å². The summed E-state index contributed by atoms with van der Waals surface area (Å²) < 4.78 is 21.6. The first-order valence-electron chi connectivity index (χ1n) is 17.5. The molecule has 0 atom stereocenters. The Bertz CT molecular complexity index is 2920. The second-order valence-corrected chi connectivity index (χ2v) is 12.4. The van der Waals surface area contributed by atoms with E-state index >= 15 is 0 Å². The van der Waals surface area contributed by atoms with Gasteiger partial charge in [-0.3, -0.25) is 28.7 Å². The maximum absolute atomic E-state index is 13.5. The number of para-hydroxylation sites is 2. The lowest BCUT2D eigenvalue weighted by Gasteiger charge is -2.15. The van der Waals surface area contributed by atoms with Crippen molar-refractivity contribution >= 4 is 0 Å². The Morgan fingerprint density at radius 1 is 0.579 bits per heavy atom. The first-order chi connectivity index (χ1) is 27.9. The largest absolute Gasteiger partial charge is 0.495 e. The van der Waals surface area contributed by atoms with Crippen molar-refractivity contribution in [1.29, 1.82) is 10.5 Å². The van der Waals surface area contributed by atoms with Gasteiger partial charge in [0.15, 0.2) is 0 Å². The molecule has 8 rings (SSSR count). The predicted octanol–water partition coefficient (Wildman–Crippen LogP) is 8.42. The topological polar surface area (TPSA) is 139 Å². The van der Waals surface area contributed by atoms with Crippen molar-refractivity contribution in [3.8, 4) is 74.0 Å². The Hall–Kier alpha value is -8.28. The molecule has 0 N–H and O–H groups in total. The van der Waals surface area contributed by atoms with Gasteiger partial charge in [-0.15, -0.1) is 0 Å². The SMILES string of the molecule is COc1ccccc1-n1cc(-c2ccccn2)cc(-c2ccccc2C#N)c1=O.N#Cc1ccccc1-c1cc(-c2ccccn2)cn(-c2ccc(F)nc2)c1=O. The Labute approximate surface area is 326 Å². The van der Waals surface area contributed by atoms with Crippen LogP contribution in [0, 0.1) is 28.6 Å². The van der Waals surface area contributed by atoms with Gasteiger partial charge in [0.1, 0.15) is 5.75 Å². The summed E-state index contributed by atoms with van der Waals surface area (Å²) >= 11 is 0. The standard InChI is InChI=1S/C24H17N3O2.C22H13FN4O/c1-29-23-12-5-4-11-22(23)27-16-18(21-10-6-7-13-26-21)14-20(24(27)28)19-9-3-2-8-17(19)15-25;23-21-9-8-17(13-26-21)27-14-16(20-7-3-4-10-25-20)11-19(22(27)28)18-6-2-1-5-15(18)12-24/h2-14,16H,1H3;1-11,13-14H. The lowest BCUT2D eigenvalue weighted by atomic mass is 9.99. The molecule has 0 spiro atoms. The number of methoxy groups -OCH3 is 1. The monoisotopic (exact) mass is 747 g/mol. The van der Waals surface area contributed by atoms with Crippen molar-refractivity contribution in [1.82, 2.24) is 24.1 Å². The number of aromatic nitrogens is 5. The molecule has 0 bridgehead atoms. The third kappa shape index (κ3) is 7.85. The van der Waals surface area contributed by atoms with E-state index in [0.717, 1.165) is 11.3 Å². The van der Waals surface area contributed by atoms with Crippen LogP contribution < -0.4 is 15.9 Å². The molecule has 0 unspecified atom stereocenters. The van der Waals surface area contributed by atoms with Gasteiger partial charge in [-0.1, -0.05) is 60.7 Å². The van der Waals surface area contributed by atoms with Gasteiger partial charge < -0.3 is 4.74 Å². The molecule has 0 aliphatic rings. The zero-order chi connectivity index (χ0) is 39.7. The summed E-state index contributed by atoms with van der Waals surface area (Å²) in [4.78, 5) is 39.1. The van der Waals surface area contributed by atoms with E-state index in [-0.39, 0.29) is 11.1 Å². The van der Waals surface area contributed by atoms with Gasteiger partial charge in [0.2, 0.25) is 5.95 Å². The number of hydrogen-bond acceptors (Lipinski definition) is 8. The lowest BCUT2D eigenvalue weighted by molar-refractivity contribution is 0.412. The number of nitriles is 2. The fraction of sp³-hybridized carbons (Fsp3) is 0.0217. The summed E-state index contributed by atoms with van der Waals surface area (Å²) in [5, 5.41) is 19.0. The highest BCUT2D eigenvalue weighted by Crippen LogP contribution is 2.29. The minimum Gasteiger partial charge on any atom is -0.495 e. The van der Waals surface area contributed by atoms with Gasteiger partial charge in [0.25, 0.3) is 11.1 Å². The molecule has 5 aromatic heterocycles. The quantitative estimate of drug-likeness (QED) is 0.148. The molecular formula is C46H30FN7O3. The summed E-state index contributed by atoms with van der Waals surface area (Å²) in [5.41, 5.74) is 6.02. The second-order valence-electron chi connectivity index (χ2n) is 12.4. The molecule has 10 nitrogen and oxygen atoms in total. The Morgan fingerprint density at radius 3 is 1.60 bits per heavy atom. The summed E-state index contributed by atoms with van der Waals surface area (Å²) in [5.74, 6) is -0.0555. The van der Waals surface area contributed by atoms with Crippen LogP contribution in [0.5, 0.6) is 5.75 Å². The van der Waals surface area contributed by atoms with Gasteiger partial charge in [0, 0.05) is 58.2 Å². The van der Waals surface area contributed by atoms with Crippen molar-refractivity contribution in [2.45, 2.75) is 0 Å². The number of rotatable bonds is 7. The van der Waals surface area contributed by atoms with Gasteiger partial charge in [-0.05, 0) is 72.8 Å². The highest BCUT2D eigenvalue weighted by Gasteiger charge is 2.18. The molecule has 0 amide bonds. The van der Waals surface area contributed by atoms with Crippen LogP contribution >= 0.6 is 0 Å². The van der Waals surface area contributed by atoms with Crippen LogP contribution in [-0.4, -0.2) is 31.2 Å². The number of hydrogen-bond donors (Lipinski definition) is 0. The fourth-order valence-corrected chi connectivity index (χ4v) is 6.24. The van der Waals surface area contributed by atoms with Crippen LogP contribution in [0.25, 0.3) is 56.1 Å². The maximum Gasteiger partial charge on any atom is 0.263 e. The molecule has 0 fully saturated rings. The van der Waals surface area contributed by atoms with Crippen molar-refractivity contribution < 1.29 is 9.13 Å². The first kappa shape index (κ1) is 37.1. The maximum atomic E-state index is 13.5. The molecule has 3 aromatic carbocycles. The van der Waals surface area contributed by atoms with Gasteiger partial charge in [0.05, 0.1) is 59.3 Å².